The van der Waals surface area contributed by atoms with E-state index in [1.54, 1.807) is 30.7 Å². The van der Waals surface area contributed by atoms with E-state index in [1.807, 2.05) is 19.3 Å². The lowest BCUT2D eigenvalue weighted by molar-refractivity contribution is -0.119. The molecule has 32 heavy (non-hydrogen) atoms. The molecule has 164 valence electrons. The SMILES string of the molecule is CC(Oc1nc(C(C=N)C=Nc2ccncc2)cc2ncn(C3CC3)c12)C1CNC(=O)C1. The molecule has 1 saturated carbocycles. The third-order valence-corrected chi connectivity index (χ3v) is 6.02. The van der Waals surface area contributed by atoms with Gasteiger partial charge in [0.25, 0.3) is 0 Å². The lowest BCUT2D eigenvalue weighted by Crippen LogP contribution is -2.26. The molecule has 3 aromatic rings. The molecule has 5 rings (SSSR count). The van der Waals surface area contributed by atoms with Gasteiger partial charge in [-0.25, -0.2) is 9.97 Å². The van der Waals surface area contributed by atoms with Crippen molar-refractivity contribution in [1.82, 2.24) is 24.8 Å². The molecule has 2 N–H and O–H groups in total. The van der Waals surface area contributed by atoms with Crippen LogP contribution in [0.4, 0.5) is 5.69 Å². The minimum atomic E-state index is -0.425. The monoisotopic (exact) mass is 431 g/mol. The van der Waals surface area contributed by atoms with E-state index in [4.69, 9.17) is 15.1 Å². The molecule has 0 spiro atoms. The van der Waals surface area contributed by atoms with Gasteiger partial charge in [0.2, 0.25) is 11.8 Å². The van der Waals surface area contributed by atoms with Crippen LogP contribution in [0.2, 0.25) is 0 Å². The molecule has 1 aliphatic heterocycles. The van der Waals surface area contributed by atoms with Gasteiger partial charge >= 0.3 is 0 Å². The van der Waals surface area contributed by atoms with Crippen LogP contribution in [-0.2, 0) is 4.79 Å². The number of rotatable bonds is 8. The molecule has 0 radical (unpaired) electrons. The second-order valence-corrected chi connectivity index (χ2v) is 8.37. The molecular formula is C23H25N7O2. The predicted octanol–water partition coefficient (Wildman–Crippen LogP) is 3.20. The van der Waals surface area contributed by atoms with Crippen LogP contribution < -0.4 is 10.1 Å². The number of ether oxygens (including phenoxy) is 1. The van der Waals surface area contributed by atoms with Gasteiger partial charge in [-0.05, 0) is 38.0 Å². The number of carbonyl (C=O) groups excluding carboxylic acids is 1. The first-order chi connectivity index (χ1) is 15.6. The van der Waals surface area contributed by atoms with Gasteiger partial charge < -0.3 is 20.0 Å². The highest BCUT2D eigenvalue weighted by atomic mass is 16.5. The van der Waals surface area contributed by atoms with Crippen LogP contribution in [0.5, 0.6) is 5.88 Å². The molecule has 3 atom stereocenters. The van der Waals surface area contributed by atoms with Crippen LogP contribution in [0.1, 0.15) is 43.8 Å². The summed E-state index contributed by atoms with van der Waals surface area (Å²) in [6.07, 6.45) is 10.7. The normalized spacial score (nSPS) is 20.4. The number of hydrogen-bond acceptors (Lipinski definition) is 7. The zero-order valence-corrected chi connectivity index (χ0v) is 17.8. The quantitative estimate of drug-likeness (QED) is 0.531. The molecule has 9 nitrogen and oxygen atoms in total. The van der Waals surface area contributed by atoms with E-state index in [0.29, 0.717) is 30.6 Å². The van der Waals surface area contributed by atoms with Crippen molar-refractivity contribution >= 4 is 35.1 Å². The zero-order chi connectivity index (χ0) is 22.1. The maximum Gasteiger partial charge on any atom is 0.240 e. The fourth-order valence-electron chi connectivity index (χ4n) is 3.96. The fourth-order valence-corrected chi connectivity index (χ4v) is 3.96. The van der Waals surface area contributed by atoms with Gasteiger partial charge in [-0.1, -0.05) is 0 Å². The summed E-state index contributed by atoms with van der Waals surface area (Å²) < 4.78 is 8.48. The van der Waals surface area contributed by atoms with Crippen LogP contribution in [0, 0.1) is 11.3 Å². The average molecular weight is 432 g/mol. The first-order valence-corrected chi connectivity index (χ1v) is 10.9. The molecule has 2 fully saturated rings. The summed E-state index contributed by atoms with van der Waals surface area (Å²) in [6.45, 7) is 2.58. The number of carbonyl (C=O) groups is 1. The van der Waals surface area contributed by atoms with E-state index in [9.17, 15) is 4.79 Å². The zero-order valence-electron chi connectivity index (χ0n) is 17.8. The van der Waals surface area contributed by atoms with Gasteiger partial charge in [-0.2, -0.15) is 0 Å². The number of nitrogens with one attached hydrogen (secondary N) is 2. The number of nitrogens with zero attached hydrogens (tertiary/aromatic N) is 5. The van der Waals surface area contributed by atoms with Crippen LogP contribution in [0.15, 0.2) is 41.9 Å². The lowest BCUT2D eigenvalue weighted by Gasteiger charge is -2.20. The van der Waals surface area contributed by atoms with Crippen LogP contribution in [0.3, 0.4) is 0 Å². The van der Waals surface area contributed by atoms with Gasteiger partial charge in [0.15, 0.2) is 0 Å². The third kappa shape index (κ3) is 4.10. The largest absolute Gasteiger partial charge is 0.473 e. The van der Waals surface area contributed by atoms with Gasteiger partial charge in [-0.15, -0.1) is 0 Å². The molecule has 0 bridgehead atoms. The summed E-state index contributed by atoms with van der Waals surface area (Å²) in [5, 5.41) is 10.8. The molecule has 1 aliphatic carbocycles. The van der Waals surface area contributed by atoms with Crippen LogP contribution >= 0.6 is 0 Å². The molecule has 1 amide bonds. The Morgan fingerprint density at radius 2 is 2.16 bits per heavy atom. The Hall–Kier alpha value is -3.62. The average Bonchev–Trinajstić information content (AvgIpc) is 3.40. The van der Waals surface area contributed by atoms with Gasteiger partial charge in [0, 0.05) is 49.7 Å². The number of fused-ring (bicyclic) bond motifs is 1. The van der Waals surface area contributed by atoms with Crippen molar-refractivity contribution in [1.29, 1.82) is 5.41 Å². The standard InChI is InChI=1S/C23H25N7O2/c1-14(15-8-21(31)27-11-15)32-23-22-20(28-13-30(22)18-2-3-18)9-19(29-23)16(10-24)12-26-17-4-6-25-7-5-17/h4-7,9-10,12-16,18,24H,2-3,8,11H2,1H3,(H,27,31). The molecule has 0 aromatic carbocycles. The highest BCUT2D eigenvalue weighted by molar-refractivity contribution is 5.91. The summed E-state index contributed by atoms with van der Waals surface area (Å²) >= 11 is 0. The molecule has 1 saturated heterocycles. The maximum atomic E-state index is 11.7. The fraction of sp³-hybridized carbons (Fsp3) is 0.391. The Labute approximate surface area is 185 Å². The minimum absolute atomic E-state index is 0.0523. The molecule has 9 heteroatoms. The van der Waals surface area contributed by atoms with Crippen molar-refractivity contribution in [2.24, 2.45) is 10.9 Å². The Morgan fingerprint density at radius 3 is 2.84 bits per heavy atom. The summed E-state index contributed by atoms with van der Waals surface area (Å²) in [4.78, 5) is 29.6. The summed E-state index contributed by atoms with van der Waals surface area (Å²) in [5.41, 5.74) is 3.06. The first kappa shape index (κ1) is 20.3. The van der Waals surface area contributed by atoms with E-state index in [-0.39, 0.29) is 17.9 Å². The second-order valence-electron chi connectivity index (χ2n) is 8.37. The number of hydrogen-bond donors (Lipinski definition) is 2. The van der Waals surface area contributed by atoms with Gasteiger partial charge in [0.05, 0.1) is 29.1 Å². The van der Waals surface area contributed by atoms with Gasteiger partial charge in [-0.3, -0.25) is 14.8 Å². The Kier molecular flexibility index (Phi) is 5.38. The Bertz CT molecular complexity index is 1170. The lowest BCUT2D eigenvalue weighted by atomic mass is 10.0. The molecular weight excluding hydrogens is 406 g/mol. The number of aliphatic imine (C=N–C) groups is 1. The van der Waals surface area contributed by atoms with Gasteiger partial charge in [0.1, 0.15) is 11.6 Å². The molecule has 4 heterocycles. The number of pyridine rings is 2. The molecule has 3 unspecified atom stereocenters. The van der Waals surface area contributed by atoms with Crippen molar-refractivity contribution < 1.29 is 9.53 Å². The summed E-state index contributed by atoms with van der Waals surface area (Å²) in [6, 6.07) is 5.93. The van der Waals surface area contributed by atoms with E-state index >= 15 is 0 Å². The predicted molar refractivity (Wildman–Crippen MR) is 121 cm³/mol. The van der Waals surface area contributed by atoms with Crippen molar-refractivity contribution in [3.8, 4) is 5.88 Å². The van der Waals surface area contributed by atoms with Crippen molar-refractivity contribution in [3.05, 3.63) is 42.6 Å². The van der Waals surface area contributed by atoms with Crippen molar-refractivity contribution in [2.75, 3.05) is 6.54 Å². The van der Waals surface area contributed by atoms with E-state index in [2.05, 4.69) is 24.8 Å². The number of aromatic nitrogens is 4. The maximum absolute atomic E-state index is 11.7. The molecule has 2 aliphatic rings. The number of imidazole rings is 1. The van der Waals surface area contributed by atoms with Crippen LogP contribution in [0.25, 0.3) is 11.0 Å². The van der Waals surface area contributed by atoms with E-state index in [1.165, 1.54) is 6.21 Å². The summed E-state index contributed by atoms with van der Waals surface area (Å²) in [7, 11) is 0. The minimum Gasteiger partial charge on any atom is -0.473 e. The Balaban J connectivity index is 1.50. The van der Waals surface area contributed by atoms with Crippen molar-refractivity contribution in [2.45, 2.75) is 44.2 Å². The summed E-state index contributed by atoms with van der Waals surface area (Å²) in [5.74, 6) is 0.215. The highest BCUT2D eigenvalue weighted by Crippen LogP contribution is 2.40. The molecule has 3 aromatic heterocycles. The Morgan fingerprint density at radius 1 is 1.34 bits per heavy atom. The smallest absolute Gasteiger partial charge is 0.240 e. The van der Waals surface area contributed by atoms with Crippen LogP contribution in [-0.4, -0.2) is 50.5 Å². The van der Waals surface area contributed by atoms with Crippen molar-refractivity contribution in [3.63, 3.8) is 0 Å². The highest BCUT2D eigenvalue weighted by Gasteiger charge is 2.31. The van der Waals surface area contributed by atoms with E-state index in [0.717, 1.165) is 29.6 Å². The number of amides is 1. The first-order valence-electron chi connectivity index (χ1n) is 10.9. The van der Waals surface area contributed by atoms with E-state index < -0.39 is 5.92 Å². The second kappa shape index (κ2) is 8.49. The third-order valence-electron chi connectivity index (χ3n) is 6.02. The topological polar surface area (TPSA) is 118 Å².